The fraction of sp³-hybridized carbons (Fsp3) is 0.318. The Hall–Kier alpha value is -2.55. The van der Waals surface area contributed by atoms with Crippen LogP contribution < -0.4 is 0 Å². The Balaban J connectivity index is 2.07. The molecule has 1 aliphatic carbocycles. The van der Waals surface area contributed by atoms with Crippen LogP contribution in [0.5, 0.6) is 0 Å². The van der Waals surface area contributed by atoms with Gasteiger partial charge in [-0.2, -0.15) is 0 Å². The van der Waals surface area contributed by atoms with Gasteiger partial charge in [0.05, 0.1) is 5.69 Å². The smallest absolute Gasteiger partial charge is 0.0673 e. The summed E-state index contributed by atoms with van der Waals surface area (Å²) in [5.41, 5.74) is 4.86. The van der Waals surface area contributed by atoms with Crippen LogP contribution in [0, 0.1) is 5.41 Å². The number of nitrogens with one attached hydrogen (secondary N) is 1. The van der Waals surface area contributed by atoms with Gasteiger partial charge in [0.15, 0.2) is 0 Å². The highest BCUT2D eigenvalue weighted by Gasteiger charge is 2.40. The summed E-state index contributed by atoms with van der Waals surface area (Å²) in [5.74, 6) is 0. The van der Waals surface area contributed by atoms with Crippen molar-refractivity contribution >= 4 is 12.3 Å². The van der Waals surface area contributed by atoms with Crippen molar-refractivity contribution in [2.75, 3.05) is 0 Å². The number of fused-ring (bicyclic) bond motifs is 1. The number of unbranched alkanes of at least 4 members (excludes halogenated alkanes) is 2. The third-order valence-corrected chi connectivity index (χ3v) is 5.03. The zero-order valence-corrected chi connectivity index (χ0v) is 14.8. The van der Waals surface area contributed by atoms with Crippen LogP contribution >= 0.6 is 0 Å². The first-order valence-electron chi connectivity index (χ1n) is 9.04. The fourth-order valence-corrected chi connectivity index (χ4v) is 3.83. The van der Waals surface area contributed by atoms with Gasteiger partial charge >= 0.3 is 0 Å². The first-order valence-corrected chi connectivity index (χ1v) is 9.04. The molecular weight excluding hydrogens is 306 g/mol. The van der Waals surface area contributed by atoms with Crippen LogP contribution in [0.3, 0.4) is 0 Å². The summed E-state index contributed by atoms with van der Waals surface area (Å²) in [6.45, 7) is 2.24. The number of nitrogens with zero attached hydrogens (tertiary/aromatic N) is 2. The number of aromatic nitrogens is 2. The van der Waals surface area contributed by atoms with E-state index in [1.54, 1.807) is 0 Å². The number of rotatable bonds is 8. The van der Waals surface area contributed by atoms with E-state index < -0.39 is 0 Å². The minimum atomic E-state index is -0.0698. The average molecular weight is 331 g/mol. The highest BCUT2D eigenvalue weighted by Crippen LogP contribution is 2.47. The molecule has 1 unspecified atom stereocenters. The summed E-state index contributed by atoms with van der Waals surface area (Å²) in [6.07, 6.45) is 18.7. The summed E-state index contributed by atoms with van der Waals surface area (Å²) >= 11 is 0. The van der Waals surface area contributed by atoms with E-state index in [1.807, 2.05) is 30.7 Å². The standard InChI is InChI=1S/C22H25N3/c1-2-3-4-11-22(17-18-9-14-24-15-10-18)19(7-5-12-23)16-21-20(22)8-6-13-25-21/h5-10,12-16,23H,2-4,11,17H2,1H3/b7-5-,23-12?. The Kier molecular flexibility index (Phi) is 5.54. The van der Waals surface area contributed by atoms with Gasteiger partial charge in [-0.25, -0.2) is 0 Å². The van der Waals surface area contributed by atoms with Crippen LogP contribution in [-0.4, -0.2) is 16.2 Å². The molecule has 1 atom stereocenters. The van der Waals surface area contributed by atoms with Crippen LogP contribution in [0.25, 0.3) is 6.08 Å². The molecule has 0 aromatic carbocycles. The molecule has 1 aliphatic rings. The molecule has 3 heteroatoms. The van der Waals surface area contributed by atoms with Crippen molar-refractivity contribution in [2.24, 2.45) is 0 Å². The first-order chi connectivity index (χ1) is 12.3. The predicted molar refractivity (Wildman–Crippen MR) is 104 cm³/mol. The molecule has 0 radical (unpaired) electrons. The second kappa shape index (κ2) is 8.02. The summed E-state index contributed by atoms with van der Waals surface area (Å²) in [7, 11) is 0. The molecule has 1 N–H and O–H groups in total. The molecule has 2 aromatic heterocycles. The van der Waals surface area contributed by atoms with Crippen molar-refractivity contribution in [1.29, 1.82) is 5.41 Å². The van der Waals surface area contributed by atoms with E-state index in [0.717, 1.165) is 18.5 Å². The summed E-state index contributed by atoms with van der Waals surface area (Å²) < 4.78 is 0. The second-order valence-electron chi connectivity index (χ2n) is 6.63. The Morgan fingerprint density at radius 2 is 1.96 bits per heavy atom. The van der Waals surface area contributed by atoms with Crippen LogP contribution in [0.15, 0.2) is 60.6 Å². The molecule has 3 rings (SSSR count). The van der Waals surface area contributed by atoms with E-state index in [-0.39, 0.29) is 5.41 Å². The van der Waals surface area contributed by atoms with E-state index in [9.17, 15) is 0 Å². The molecule has 3 nitrogen and oxygen atoms in total. The average Bonchev–Trinajstić information content (AvgIpc) is 2.95. The molecule has 0 bridgehead atoms. The Bertz CT molecular complexity index is 777. The van der Waals surface area contributed by atoms with Gasteiger partial charge < -0.3 is 5.41 Å². The van der Waals surface area contributed by atoms with Gasteiger partial charge in [-0.05, 0) is 59.9 Å². The van der Waals surface area contributed by atoms with E-state index in [0.29, 0.717) is 0 Å². The second-order valence-corrected chi connectivity index (χ2v) is 6.63. The largest absolute Gasteiger partial charge is 0.309 e. The maximum Gasteiger partial charge on any atom is 0.0673 e. The summed E-state index contributed by atoms with van der Waals surface area (Å²) in [5, 5.41) is 7.38. The molecule has 0 fully saturated rings. The first kappa shape index (κ1) is 17.3. The highest BCUT2D eigenvalue weighted by molar-refractivity contribution is 5.75. The van der Waals surface area contributed by atoms with Crippen molar-refractivity contribution in [3.8, 4) is 0 Å². The summed E-state index contributed by atoms with van der Waals surface area (Å²) in [4.78, 5) is 8.76. The zero-order chi connectivity index (χ0) is 17.5. The molecule has 2 heterocycles. The molecule has 25 heavy (non-hydrogen) atoms. The number of allylic oxidation sites excluding steroid dienone is 3. The van der Waals surface area contributed by atoms with Crippen molar-refractivity contribution in [2.45, 2.75) is 44.4 Å². The molecule has 0 spiro atoms. The van der Waals surface area contributed by atoms with Crippen molar-refractivity contribution in [3.05, 3.63) is 77.4 Å². The van der Waals surface area contributed by atoms with Gasteiger partial charge in [-0.1, -0.05) is 38.3 Å². The fourth-order valence-electron chi connectivity index (χ4n) is 3.83. The lowest BCUT2D eigenvalue weighted by Crippen LogP contribution is -2.29. The predicted octanol–water partition coefficient (Wildman–Crippen LogP) is 5.14. The van der Waals surface area contributed by atoms with Crippen molar-refractivity contribution < 1.29 is 0 Å². The normalized spacial score (nSPS) is 19.0. The van der Waals surface area contributed by atoms with Crippen LogP contribution in [0.2, 0.25) is 0 Å². The molecular formula is C22H25N3. The van der Waals surface area contributed by atoms with Gasteiger partial charge in [-0.15, -0.1) is 0 Å². The number of hydrogen-bond acceptors (Lipinski definition) is 3. The maximum atomic E-state index is 7.38. The Labute approximate surface area is 150 Å². The van der Waals surface area contributed by atoms with Crippen LogP contribution in [-0.2, 0) is 11.8 Å². The monoisotopic (exact) mass is 331 g/mol. The minimum absolute atomic E-state index is 0.0698. The highest BCUT2D eigenvalue weighted by atomic mass is 14.7. The molecule has 2 aromatic rings. The van der Waals surface area contributed by atoms with Crippen molar-refractivity contribution in [3.63, 3.8) is 0 Å². The SMILES string of the molecule is CCCCCC1(Cc2ccncc2)C(/C=C\C=N)=Cc2ncccc21. The van der Waals surface area contributed by atoms with E-state index in [4.69, 9.17) is 5.41 Å². The lowest BCUT2D eigenvalue weighted by Gasteiger charge is -2.33. The third kappa shape index (κ3) is 3.60. The van der Waals surface area contributed by atoms with E-state index in [2.05, 4.69) is 47.2 Å². The van der Waals surface area contributed by atoms with Crippen molar-refractivity contribution in [1.82, 2.24) is 9.97 Å². The molecule has 0 aliphatic heterocycles. The van der Waals surface area contributed by atoms with E-state index in [1.165, 1.54) is 42.2 Å². The quantitative estimate of drug-likeness (QED) is 0.538. The van der Waals surface area contributed by atoms with Crippen LogP contribution in [0.4, 0.5) is 0 Å². The van der Waals surface area contributed by atoms with Gasteiger partial charge in [-0.3, -0.25) is 9.97 Å². The zero-order valence-electron chi connectivity index (χ0n) is 14.8. The van der Waals surface area contributed by atoms with Gasteiger partial charge in [0.2, 0.25) is 0 Å². The number of pyridine rings is 2. The maximum absolute atomic E-state index is 7.38. The molecule has 0 saturated carbocycles. The lowest BCUT2D eigenvalue weighted by molar-refractivity contribution is 0.447. The number of hydrogen-bond donors (Lipinski definition) is 1. The van der Waals surface area contributed by atoms with Gasteiger partial charge in [0, 0.05) is 30.2 Å². The van der Waals surface area contributed by atoms with E-state index >= 15 is 0 Å². The minimum Gasteiger partial charge on any atom is -0.309 e. The molecule has 128 valence electrons. The topological polar surface area (TPSA) is 49.6 Å². The van der Waals surface area contributed by atoms with Gasteiger partial charge in [0.25, 0.3) is 0 Å². The molecule has 0 saturated heterocycles. The molecule has 0 amide bonds. The van der Waals surface area contributed by atoms with Crippen LogP contribution in [0.1, 0.15) is 49.4 Å². The Morgan fingerprint density at radius 1 is 1.12 bits per heavy atom. The van der Waals surface area contributed by atoms with Gasteiger partial charge in [0.1, 0.15) is 0 Å². The third-order valence-electron chi connectivity index (χ3n) is 5.03. The lowest BCUT2D eigenvalue weighted by atomic mass is 9.69. The summed E-state index contributed by atoms with van der Waals surface area (Å²) in [6, 6.07) is 8.47. The Morgan fingerprint density at radius 3 is 2.72 bits per heavy atom.